The Hall–Kier alpha value is -1.71. The zero-order valence-corrected chi connectivity index (χ0v) is 18.9. The van der Waals surface area contributed by atoms with Crippen molar-refractivity contribution in [3.8, 4) is 5.75 Å². The topological polar surface area (TPSA) is 26.3 Å². The van der Waals surface area contributed by atoms with Crippen LogP contribution in [0.3, 0.4) is 0 Å². The number of esters is 1. The third-order valence-corrected chi connectivity index (χ3v) is 8.40. The second-order valence-corrected chi connectivity index (χ2v) is 10.2. The minimum absolute atomic E-state index is 0.0282. The van der Waals surface area contributed by atoms with Crippen molar-refractivity contribution in [3.63, 3.8) is 0 Å². The van der Waals surface area contributed by atoms with Crippen LogP contribution in [-0.4, -0.2) is 5.97 Å². The van der Waals surface area contributed by atoms with Crippen molar-refractivity contribution in [2.45, 2.75) is 78.1 Å². The molecule has 3 aliphatic rings. The van der Waals surface area contributed by atoms with Gasteiger partial charge in [0.05, 0.1) is 5.92 Å². The van der Waals surface area contributed by atoms with E-state index < -0.39 is 11.6 Å². The molecule has 3 aliphatic carbocycles. The predicted molar refractivity (Wildman–Crippen MR) is 119 cm³/mol. The Balaban J connectivity index is 1.26. The Morgan fingerprint density at radius 1 is 0.871 bits per heavy atom. The van der Waals surface area contributed by atoms with Crippen molar-refractivity contribution in [3.05, 3.63) is 41.5 Å². The second kappa shape index (κ2) is 9.83. The molecule has 4 heteroatoms. The number of ether oxygens (including phenoxy) is 1. The van der Waals surface area contributed by atoms with Crippen LogP contribution in [0.15, 0.2) is 24.3 Å². The van der Waals surface area contributed by atoms with Gasteiger partial charge in [0.2, 0.25) is 0 Å². The molecule has 0 aromatic heterocycles. The summed E-state index contributed by atoms with van der Waals surface area (Å²) in [4.78, 5) is 12.6. The van der Waals surface area contributed by atoms with E-state index in [0.717, 1.165) is 61.5 Å². The summed E-state index contributed by atoms with van der Waals surface area (Å²) >= 11 is 0. The monoisotopic (exact) mass is 430 g/mol. The molecule has 0 radical (unpaired) electrons. The summed E-state index contributed by atoms with van der Waals surface area (Å²) in [7, 11) is 0. The van der Waals surface area contributed by atoms with Crippen LogP contribution >= 0.6 is 0 Å². The molecule has 3 saturated carbocycles. The highest BCUT2D eigenvalue weighted by molar-refractivity contribution is 5.75. The number of rotatable bonds is 4. The van der Waals surface area contributed by atoms with E-state index in [-0.39, 0.29) is 23.2 Å². The largest absolute Gasteiger partial charge is 0.426 e. The summed E-state index contributed by atoms with van der Waals surface area (Å²) in [5.74, 6) is 2.23. The molecule has 1 aromatic carbocycles. The highest BCUT2D eigenvalue weighted by Crippen LogP contribution is 2.49. The molecule has 4 rings (SSSR count). The lowest BCUT2D eigenvalue weighted by molar-refractivity contribution is -0.140. The quantitative estimate of drug-likeness (QED) is 0.283. The van der Waals surface area contributed by atoms with Crippen molar-refractivity contribution >= 4 is 5.97 Å². The molecule has 4 unspecified atom stereocenters. The van der Waals surface area contributed by atoms with E-state index in [0.29, 0.717) is 5.92 Å². The number of carbonyl (C=O) groups is 1. The first kappa shape index (κ1) is 22.5. The molecule has 2 nitrogen and oxygen atoms in total. The Kier molecular flexibility index (Phi) is 7.13. The van der Waals surface area contributed by atoms with Gasteiger partial charge in [0.1, 0.15) is 17.4 Å². The van der Waals surface area contributed by atoms with Crippen LogP contribution in [0.1, 0.15) is 76.7 Å². The fourth-order valence-corrected chi connectivity index (χ4v) is 6.54. The molecule has 0 aliphatic heterocycles. The zero-order chi connectivity index (χ0) is 22.0. The molecule has 3 fully saturated rings. The van der Waals surface area contributed by atoms with Gasteiger partial charge in [0.15, 0.2) is 0 Å². The second-order valence-electron chi connectivity index (χ2n) is 10.2. The molecule has 0 bridgehead atoms. The molecular weight excluding hydrogens is 394 g/mol. The zero-order valence-electron chi connectivity index (χ0n) is 18.9. The molecule has 0 saturated heterocycles. The molecule has 1 aromatic rings. The lowest BCUT2D eigenvalue weighted by atomic mass is 9.61. The summed E-state index contributed by atoms with van der Waals surface area (Å²) < 4.78 is 32.8. The Bertz CT molecular complexity index is 786. The van der Waals surface area contributed by atoms with Crippen molar-refractivity contribution in [2.24, 2.45) is 35.5 Å². The van der Waals surface area contributed by atoms with E-state index >= 15 is 0 Å². The van der Waals surface area contributed by atoms with E-state index in [2.05, 4.69) is 19.1 Å². The molecule has 31 heavy (non-hydrogen) atoms. The highest BCUT2D eigenvalue weighted by Gasteiger charge is 2.39. The Morgan fingerprint density at radius 2 is 1.42 bits per heavy atom. The lowest BCUT2D eigenvalue weighted by Crippen LogP contribution is -2.35. The first-order chi connectivity index (χ1) is 14.9. The van der Waals surface area contributed by atoms with E-state index in [9.17, 15) is 13.6 Å². The predicted octanol–water partition coefficient (Wildman–Crippen LogP) is 7.39. The molecular formula is C27H36F2O2. The lowest BCUT2D eigenvalue weighted by Gasteiger charge is -2.45. The third-order valence-electron chi connectivity index (χ3n) is 8.40. The summed E-state index contributed by atoms with van der Waals surface area (Å²) in [6, 6.07) is 2.21. The Labute approximate surface area is 185 Å². The standard InChI is InChI=1S/C27H36F2O2/c1-3-4-18-5-6-23-14-22(12-11-21(23)13-18)19-7-9-20(10-8-19)27(30)31-24-15-25(28)17(2)26(29)16-24/h3-4,15-16,18-23H,5-14H2,1-2H3/b4-3+. The minimum Gasteiger partial charge on any atom is -0.426 e. The normalized spacial score (nSPS) is 33.8. The van der Waals surface area contributed by atoms with Gasteiger partial charge in [-0.1, -0.05) is 12.2 Å². The average Bonchev–Trinajstić information content (AvgIpc) is 2.77. The smallest absolute Gasteiger partial charge is 0.314 e. The van der Waals surface area contributed by atoms with Gasteiger partial charge >= 0.3 is 5.97 Å². The molecule has 170 valence electrons. The van der Waals surface area contributed by atoms with Crippen molar-refractivity contribution < 1.29 is 18.3 Å². The number of halogens is 2. The molecule has 4 atom stereocenters. The number of hydrogen-bond donors (Lipinski definition) is 0. The fourth-order valence-electron chi connectivity index (χ4n) is 6.54. The summed E-state index contributed by atoms with van der Waals surface area (Å²) in [6.07, 6.45) is 16.6. The summed E-state index contributed by atoms with van der Waals surface area (Å²) in [5, 5.41) is 0. The van der Waals surface area contributed by atoms with E-state index in [1.807, 2.05) is 0 Å². The van der Waals surface area contributed by atoms with Crippen LogP contribution in [0.25, 0.3) is 0 Å². The van der Waals surface area contributed by atoms with Crippen LogP contribution in [0, 0.1) is 54.1 Å². The van der Waals surface area contributed by atoms with Crippen molar-refractivity contribution in [2.75, 3.05) is 0 Å². The van der Waals surface area contributed by atoms with Crippen molar-refractivity contribution in [1.29, 1.82) is 0 Å². The van der Waals surface area contributed by atoms with Crippen LogP contribution in [0.2, 0.25) is 0 Å². The molecule has 0 amide bonds. The van der Waals surface area contributed by atoms with Gasteiger partial charge in [0.25, 0.3) is 0 Å². The third kappa shape index (κ3) is 5.21. The highest BCUT2D eigenvalue weighted by atomic mass is 19.1. The number of carbonyl (C=O) groups excluding carboxylic acids is 1. The maximum Gasteiger partial charge on any atom is 0.314 e. The van der Waals surface area contributed by atoms with E-state index in [1.165, 1.54) is 45.4 Å². The summed E-state index contributed by atoms with van der Waals surface area (Å²) in [6.45, 7) is 3.51. The van der Waals surface area contributed by atoms with Crippen LogP contribution in [-0.2, 0) is 4.79 Å². The van der Waals surface area contributed by atoms with Gasteiger partial charge in [-0.15, -0.1) is 0 Å². The average molecular weight is 431 g/mol. The van der Waals surface area contributed by atoms with Gasteiger partial charge in [-0.25, -0.2) is 8.78 Å². The number of hydrogen-bond acceptors (Lipinski definition) is 2. The SMILES string of the molecule is C/C=C/C1CCC2CC(C3CCC(C(=O)Oc4cc(F)c(C)c(F)c4)CC3)CCC2C1. The maximum atomic E-state index is 13.7. The number of allylic oxidation sites excluding steroid dienone is 2. The van der Waals surface area contributed by atoms with Crippen LogP contribution in [0.5, 0.6) is 5.75 Å². The van der Waals surface area contributed by atoms with E-state index in [4.69, 9.17) is 4.74 Å². The van der Waals surface area contributed by atoms with Crippen LogP contribution in [0.4, 0.5) is 8.78 Å². The first-order valence-corrected chi connectivity index (χ1v) is 12.2. The van der Waals surface area contributed by atoms with Crippen LogP contribution < -0.4 is 4.74 Å². The minimum atomic E-state index is -0.679. The molecule has 0 heterocycles. The number of fused-ring (bicyclic) bond motifs is 1. The van der Waals surface area contributed by atoms with Gasteiger partial charge in [-0.2, -0.15) is 0 Å². The van der Waals surface area contributed by atoms with Gasteiger partial charge < -0.3 is 4.74 Å². The number of benzene rings is 1. The Morgan fingerprint density at radius 3 is 2.06 bits per heavy atom. The van der Waals surface area contributed by atoms with Crippen molar-refractivity contribution in [1.82, 2.24) is 0 Å². The van der Waals surface area contributed by atoms with Gasteiger partial charge in [-0.3, -0.25) is 4.79 Å². The first-order valence-electron chi connectivity index (χ1n) is 12.2. The summed E-state index contributed by atoms with van der Waals surface area (Å²) in [5.41, 5.74) is -0.0506. The molecule has 0 spiro atoms. The van der Waals surface area contributed by atoms with E-state index in [1.54, 1.807) is 0 Å². The van der Waals surface area contributed by atoms with Gasteiger partial charge in [-0.05, 0) is 108 Å². The maximum absolute atomic E-state index is 13.7. The molecule has 0 N–H and O–H groups in total. The fraction of sp³-hybridized carbons (Fsp3) is 0.667. The van der Waals surface area contributed by atoms with Gasteiger partial charge in [0, 0.05) is 17.7 Å².